The molecule has 1 aliphatic heterocycles. The van der Waals surface area contributed by atoms with Crippen LogP contribution in [0.2, 0.25) is 0 Å². The van der Waals surface area contributed by atoms with Gasteiger partial charge in [0.2, 0.25) is 0 Å². The van der Waals surface area contributed by atoms with Crippen molar-refractivity contribution in [3.8, 4) is 0 Å². The number of carbonyl (C=O) groups is 1. The number of hydrogen-bond donors (Lipinski definition) is 2. The van der Waals surface area contributed by atoms with E-state index in [4.69, 9.17) is 0 Å². The van der Waals surface area contributed by atoms with Gasteiger partial charge in [-0.05, 0) is 50.5 Å². The van der Waals surface area contributed by atoms with Crippen molar-refractivity contribution in [3.05, 3.63) is 54.5 Å². The van der Waals surface area contributed by atoms with Crippen LogP contribution in [0.25, 0.3) is 0 Å². The maximum atomic E-state index is 12.5. The zero-order valence-corrected chi connectivity index (χ0v) is 15.2. The first-order valence-electron chi connectivity index (χ1n) is 9.02. The molecule has 3 rings (SSSR count). The van der Waals surface area contributed by atoms with Gasteiger partial charge in [-0.3, -0.25) is 4.79 Å². The van der Waals surface area contributed by atoms with Gasteiger partial charge in [0, 0.05) is 37.1 Å². The van der Waals surface area contributed by atoms with E-state index >= 15 is 0 Å². The number of piperidine rings is 1. The van der Waals surface area contributed by atoms with Crippen molar-refractivity contribution < 1.29 is 4.79 Å². The molecule has 2 N–H and O–H groups in total. The summed E-state index contributed by atoms with van der Waals surface area (Å²) in [4.78, 5) is 23.4. The molecule has 1 saturated heterocycles. The fraction of sp³-hybridized carbons (Fsp3) is 0.350. The molecule has 0 bridgehead atoms. The van der Waals surface area contributed by atoms with Crippen molar-refractivity contribution in [1.82, 2.24) is 9.97 Å². The first kappa shape index (κ1) is 17.9. The molecule has 26 heavy (non-hydrogen) atoms. The van der Waals surface area contributed by atoms with Crippen LogP contribution in [0, 0.1) is 6.92 Å². The second-order valence-corrected chi connectivity index (χ2v) is 6.40. The summed E-state index contributed by atoms with van der Waals surface area (Å²) in [7, 11) is 0. The molecule has 0 spiro atoms. The Labute approximate surface area is 154 Å². The second kappa shape index (κ2) is 8.47. The molecular formula is C20H25N5O. The molecule has 0 saturated carbocycles. The molecule has 136 valence electrons. The lowest BCUT2D eigenvalue weighted by atomic mass is 10.1. The number of aromatic nitrogens is 2. The van der Waals surface area contributed by atoms with Gasteiger partial charge < -0.3 is 15.5 Å². The van der Waals surface area contributed by atoms with Gasteiger partial charge in [-0.25, -0.2) is 9.97 Å². The molecule has 0 aliphatic carbocycles. The van der Waals surface area contributed by atoms with Crippen LogP contribution in [0.4, 0.5) is 17.2 Å². The zero-order valence-electron chi connectivity index (χ0n) is 15.2. The largest absolute Gasteiger partial charge is 0.372 e. The van der Waals surface area contributed by atoms with Gasteiger partial charge in [0.05, 0.1) is 0 Å². The average Bonchev–Trinajstić information content (AvgIpc) is 2.67. The predicted molar refractivity (Wildman–Crippen MR) is 106 cm³/mol. The Balaban J connectivity index is 1.67. The summed E-state index contributed by atoms with van der Waals surface area (Å²) in [5.74, 6) is 0.913. The minimum atomic E-state index is -0.247. The maximum absolute atomic E-state index is 12.5. The van der Waals surface area contributed by atoms with Crippen LogP contribution in [0.3, 0.4) is 0 Å². The van der Waals surface area contributed by atoms with Crippen molar-refractivity contribution in [3.63, 3.8) is 0 Å². The number of rotatable bonds is 6. The van der Waals surface area contributed by atoms with Crippen LogP contribution in [-0.2, 0) is 0 Å². The topological polar surface area (TPSA) is 70.2 Å². The number of anilines is 3. The highest BCUT2D eigenvalue weighted by Gasteiger charge is 2.13. The third kappa shape index (κ3) is 4.59. The lowest BCUT2D eigenvalue weighted by Crippen LogP contribution is -2.29. The molecule has 6 nitrogen and oxygen atoms in total. The van der Waals surface area contributed by atoms with Crippen molar-refractivity contribution in [2.75, 3.05) is 35.2 Å². The molecular weight excluding hydrogens is 326 g/mol. The van der Waals surface area contributed by atoms with Crippen LogP contribution in [0.5, 0.6) is 0 Å². The summed E-state index contributed by atoms with van der Waals surface area (Å²) in [6.45, 7) is 8.22. The molecule has 1 aromatic carbocycles. The Morgan fingerprint density at radius 1 is 1.19 bits per heavy atom. The Bertz CT molecular complexity index is 766. The van der Waals surface area contributed by atoms with Gasteiger partial charge in [0.15, 0.2) is 0 Å². The minimum Gasteiger partial charge on any atom is -0.372 e. The van der Waals surface area contributed by atoms with Crippen molar-refractivity contribution in [2.45, 2.75) is 26.2 Å². The molecule has 1 amide bonds. The van der Waals surface area contributed by atoms with E-state index in [2.05, 4.69) is 44.2 Å². The number of nitrogens with zero attached hydrogens (tertiary/aromatic N) is 3. The standard InChI is InChI=1S/C20H25N5O/c1-3-11-21-19-14-18(22-15(2)23-19)20(26)24-16-7-9-17(10-8-16)25-12-5-4-6-13-25/h3,7-10,14H,1,4-6,11-13H2,2H3,(H,24,26)(H,21,22,23). The van der Waals surface area contributed by atoms with E-state index in [0.717, 1.165) is 18.8 Å². The van der Waals surface area contributed by atoms with Crippen molar-refractivity contribution in [1.29, 1.82) is 0 Å². The fourth-order valence-electron chi connectivity index (χ4n) is 3.05. The van der Waals surface area contributed by atoms with Crippen LogP contribution in [0.1, 0.15) is 35.6 Å². The van der Waals surface area contributed by atoms with Crippen LogP contribution in [0.15, 0.2) is 43.0 Å². The summed E-state index contributed by atoms with van der Waals surface area (Å²) in [6.07, 6.45) is 5.54. The Hall–Kier alpha value is -2.89. The van der Waals surface area contributed by atoms with E-state index < -0.39 is 0 Å². The second-order valence-electron chi connectivity index (χ2n) is 6.40. The maximum Gasteiger partial charge on any atom is 0.274 e. The third-order valence-corrected chi connectivity index (χ3v) is 4.34. The first-order chi connectivity index (χ1) is 12.7. The summed E-state index contributed by atoms with van der Waals surface area (Å²) in [6, 6.07) is 9.64. The number of benzene rings is 1. The van der Waals surface area contributed by atoms with E-state index in [0.29, 0.717) is 23.9 Å². The number of amides is 1. The monoisotopic (exact) mass is 351 g/mol. The molecule has 1 aromatic heterocycles. The van der Waals surface area contributed by atoms with Gasteiger partial charge >= 0.3 is 0 Å². The van der Waals surface area contributed by atoms with Gasteiger partial charge in [-0.15, -0.1) is 6.58 Å². The fourth-order valence-corrected chi connectivity index (χ4v) is 3.05. The Morgan fingerprint density at radius 3 is 2.62 bits per heavy atom. The third-order valence-electron chi connectivity index (χ3n) is 4.34. The van der Waals surface area contributed by atoms with Crippen LogP contribution >= 0.6 is 0 Å². The number of nitrogens with one attached hydrogen (secondary N) is 2. The molecule has 0 radical (unpaired) electrons. The average molecular weight is 351 g/mol. The highest BCUT2D eigenvalue weighted by Crippen LogP contribution is 2.22. The lowest BCUT2D eigenvalue weighted by Gasteiger charge is -2.28. The summed E-state index contributed by atoms with van der Waals surface area (Å²) < 4.78 is 0. The first-order valence-corrected chi connectivity index (χ1v) is 9.02. The number of aryl methyl sites for hydroxylation is 1. The lowest BCUT2D eigenvalue weighted by molar-refractivity contribution is 0.102. The summed E-state index contributed by atoms with van der Waals surface area (Å²) >= 11 is 0. The van der Waals surface area contributed by atoms with Crippen molar-refractivity contribution >= 4 is 23.1 Å². The number of carbonyl (C=O) groups excluding carboxylic acids is 1. The normalized spacial score (nSPS) is 14.0. The van der Waals surface area contributed by atoms with E-state index in [1.807, 2.05) is 12.1 Å². The Morgan fingerprint density at radius 2 is 1.92 bits per heavy atom. The Kier molecular flexibility index (Phi) is 5.84. The molecule has 0 atom stereocenters. The zero-order chi connectivity index (χ0) is 18.4. The summed E-state index contributed by atoms with van der Waals surface area (Å²) in [5.41, 5.74) is 2.30. The van der Waals surface area contributed by atoms with E-state index in [1.165, 1.54) is 24.9 Å². The quantitative estimate of drug-likeness (QED) is 0.778. The number of hydrogen-bond acceptors (Lipinski definition) is 5. The van der Waals surface area contributed by atoms with Gasteiger partial charge in [-0.2, -0.15) is 0 Å². The molecule has 1 aliphatic rings. The van der Waals surface area contributed by atoms with Crippen molar-refractivity contribution in [2.24, 2.45) is 0 Å². The summed E-state index contributed by atoms with van der Waals surface area (Å²) in [5, 5.41) is 5.99. The molecule has 2 heterocycles. The highest BCUT2D eigenvalue weighted by atomic mass is 16.1. The van der Waals surface area contributed by atoms with Crippen LogP contribution in [-0.4, -0.2) is 35.5 Å². The molecule has 2 aromatic rings. The highest BCUT2D eigenvalue weighted by molar-refractivity contribution is 6.03. The predicted octanol–water partition coefficient (Wildman–Crippen LogP) is 3.63. The minimum absolute atomic E-state index is 0.247. The molecule has 6 heteroatoms. The smallest absolute Gasteiger partial charge is 0.274 e. The van der Waals surface area contributed by atoms with E-state index in [1.54, 1.807) is 19.1 Å². The van der Waals surface area contributed by atoms with Gasteiger partial charge in [0.1, 0.15) is 17.3 Å². The SMILES string of the molecule is C=CCNc1cc(C(=O)Nc2ccc(N3CCCCC3)cc2)nc(C)n1. The van der Waals surface area contributed by atoms with Gasteiger partial charge in [-0.1, -0.05) is 6.08 Å². The van der Waals surface area contributed by atoms with E-state index in [-0.39, 0.29) is 5.91 Å². The molecule has 1 fully saturated rings. The van der Waals surface area contributed by atoms with Gasteiger partial charge in [0.25, 0.3) is 5.91 Å². The molecule has 0 unspecified atom stereocenters. The van der Waals surface area contributed by atoms with Crippen LogP contribution < -0.4 is 15.5 Å². The van der Waals surface area contributed by atoms with E-state index in [9.17, 15) is 4.79 Å².